The molecule has 0 N–H and O–H groups in total. The molecule has 51 heavy (non-hydrogen) atoms. The van der Waals surface area contributed by atoms with Crippen LogP contribution >= 0.6 is 0 Å². The van der Waals surface area contributed by atoms with E-state index < -0.39 is 0 Å². The molecule has 0 atom stereocenters. The molecule has 0 fully saturated rings. The summed E-state index contributed by atoms with van der Waals surface area (Å²) in [6.45, 7) is 4.48. The highest BCUT2D eigenvalue weighted by molar-refractivity contribution is 6.11. The molecule has 7 aromatic carbocycles. The number of furan rings is 1. The lowest BCUT2D eigenvalue weighted by molar-refractivity contribution is 0.669. The second kappa shape index (κ2) is 11.6. The van der Waals surface area contributed by atoms with E-state index in [0.717, 1.165) is 61.3 Å². The Morgan fingerprint density at radius 1 is 0.451 bits per heavy atom. The van der Waals surface area contributed by atoms with Crippen molar-refractivity contribution in [1.82, 2.24) is 4.57 Å². The number of hydrogen-bond acceptors (Lipinski definition) is 2. The highest BCUT2D eigenvalue weighted by atomic mass is 16.3. The van der Waals surface area contributed by atoms with Crippen molar-refractivity contribution in [1.29, 1.82) is 0 Å². The maximum atomic E-state index is 6.15. The molecule has 3 heteroatoms. The van der Waals surface area contributed by atoms with Crippen molar-refractivity contribution in [3.63, 3.8) is 0 Å². The molecule has 1 aliphatic rings. The Morgan fingerprint density at radius 2 is 1.12 bits per heavy atom. The van der Waals surface area contributed by atoms with Crippen molar-refractivity contribution in [2.75, 3.05) is 4.90 Å². The lowest BCUT2D eigenvalue weighted by Gasteiger charge is -2.26. The number of aromatic nitrogens is 1. The summed E-state index contributed by atoms with van der Waals surface area (Å²) < 4.78 is 8.52. The van der Waals surface area contributed by atoms with E-state index in [4.69, 9.17) is 4.42 Å². The second-order valence-electron chi connectivity index (χ2n) is 13.1. The number of anilines is 2. The number of fused-ring (bicyclic) bond motifs is 7. The van der Waals surface area contributed by atoms with Crippen LogP contribution in [0.25, 0.3) is 77.3 Å². The summed E-state index contributed by atoms with van der Waals surface area (Å²) >= 11 is 0. The van der Waals surface area contributed by atoms with Crippen LogP contribution < -0.4 is 4.90 Å². The number of benzene rings is 7. The van der Waals surface area contributed by atoms with Gasteiger partial charge in [-0.15, -0.1) is 0 Å². The highest BCUT2D eigenvalue weighted by Crippen LogP contribution is 2.40. The van der Waals surface area contributed by atoms with Crippen LogP contribution in [0, 0.1) is 0 Å². The van der Waals surface area contributed by atoms with Crippen molar-refractivity contribution in [3.8, 4) is 27.9 Å². The first-order valence-corrected chi connectivity index (χ1v) is 17.3. The molecule has 0 aliphatic carbocycles. The summed E-state index contributed by atoms with van der Waals surface area (Å²) in [4.78, 5) is 2.25. The first-order valence-electron chi connectivity index (χ1n) is 17.3. The van der Waals surface area contributed by atoms with Crippen molar-refractivity contribution >= 4 is 60.7 Å². The first-order chi connectivity index (χ1) is 25.2. The van der Waals surface area contributed by atoms with E-state index >= 15 is 0 Å². The third-order valence-electron chi connectivity index (χ3n) is 10.1. The van der Waals surface area contributed by atoms with Gasteiger partial charge in [-0.2, -0.15) is 0 Å². The van der Waals surface area contributed by atoms with Crippen molar-refractivity contribution in [2.45, 2.75) is 0 Å². The van der Waals surface area contributed by atoms with Crippen LogP contribution in [0.5, 0.6) is 0 Å². The summed E-state index contributed by atoms with van der Waals surface area (Å²) in [6, 6.07) is 56.3. The molecule has 1 aliphatic heterocycles. The van der Waals surface area contributed by atoms with E-state index in [-0.39, 0.29) is 0 Å². The molecule has 9 aromatic rings. The van der Waals surface area contributed by atoms with E-state index in [9.17, 15) is 0 Å². The number of para-hydroxylation sites is 2. The lowest BCUT2D eigenvalue weighted by Crippen LogP contribution is -2.11. The van der Waals surface area contributed by atoms with Crippen LogP contribution in [0.3, 0.4) is 0 Å². The van der Waals surface area contributed by atoms with Crippen LogP contribution in [-0.2, 0) is 0 Å². The molecule has 10 rings (SSSR count). The molecule has 240 valence electrons. The van der Waals surface area contributed by atoms with Crippen LogP contribution in [-0.4, -0.2) is 4.57 Å². The fourth-order valence-electron chi connectivity index (χ4n) is 7.61. The molecule has 3 heterocycles. The largest absolute Gasteiger partial charge is 0.456 e. The monoisotopic (exact) mass is 652 g/mol. The van der Waals surface area contributed by atoms with Gasteiger partial charge in [-0.05, 0) is 101 Å². The summed E-state index contributed by atoms with van der Waals surface area (Å²) in [5, 5.41) is 4.69. The minimum atomic E-state index is 0.900. The number of allylic oxidation sites excluding steroid dienone is 4. The quantitative estimate of drug-likeness (QED) is 0.189. The molecule has 0 bridgehead atoms. The Morgan fingerprint density at radius 3 is 2.00 bits per heavy atom. The van der Waals surface area contributed by atoms with Gasteiger partial charge in [0.25, 0.3) is 0 Å². The predicted molar refractivity (Wildman–Crippen MR) is 215 cm³/mol. The predicted octanol–water partition coefficient (Wildman–Crippen LogP) is 13.3. The fourth-order valence-corrected chi connectivity index (χ4v) is 7.61. The summed E-state index contributed by atoms with van der Waals surface area (Å²) in [7, 11) is 0. The van der Waals surface area contributed by atoms with E-state index in [1.807, 2.05) is 12.1 Å². The molecule has 2 aromatic heterocycles. The Bertz CT molecular complexity index is 2870. The molecule has 3 nitrogen and oxygen atoms in total. The molecular weight excluding hydrogens is 621 g/mol. The van der Waals surface area contributed by atoms with Gasteiger partial charge >= 0.3 is 0 Å². The Balaban J connectivity index is 1.07. The summed E-state index contributed by atoms with van der Waals surface area (Å²) in [6.07, 6.45) is 8.35. The molecular formula is C48H32N2O. The Hall–Kier alpha value is -6.84. The van der Waals surface area contributed by atoms with Crippen LogP contribution in [0.1, 0.15) is 5.56 Å². The average molecular weight is 653 g/mol. The van der Waals surface area contributed by atoms with E-state index in [1.54, 1.807) is 0 Å². The standard InChI is InChI=1S/C48H32N2O/c1-32-11-9-10-28-49(37-22-18-34(19-23-37)33-12-3-2-4-13-33)44-25-20-35(29-41(32)44)36-21-26-46-42(30-36)39-14-5-7-16-45(39)50(46)38-24-27-48-43(31-38)40-15-6-8-17-47(40)51-48/h2-31H,1H2/b11-9-,28-10-. The zero-order valence-electron chi connectivity index (χ0n) is 27.8. The third kappa shape index (κ3) is 4.82. The maximum absolute atomic E-state index is 6.15. The van der Waals surface area contributed by atoms with Gasteiger partial charge in [-0.25, -0.2) is 0 Å². The summed E-state index contributed by atoms with van der Waals surface area (Å²) in [5.74, 6) is 0. The van der Waals surface area contributed by atoms with Gasteiger partial charge in [0, 0.05) is 44.7 Å². The normalized spacial score (nSPS) is 14.2. The molecule has 0 radical (unpaired) electrons. The fraction of sp³-hybridized carbons (Fsp3) is 0. The Kier molecular flexibility index (Phi) is 6.65. The zero-order chi connectivity index (χ0) is 33.9. The smallest absolute Gasteiger partial charge is 0.135 e. The van der Waals surface area contributed by atoms with Gasteiger partial charge in [0.2, 0.25) is 0 Å². The van der Waals surface area contributed by atoms with Crippen molar-refractivity contribution < 1.29 is 4.42 Å². The lowest BCUT2D eigenvalue weighted by atomic mass is 9.95. The minimum absolute atomic E-state index is 0.900. The second-order valence-corrected chi connectivity index (χ2v) is 13.1. The van der Waals surface area contributed by atoms with Gasteiger partial charge in [0.05, 0.1) is 16.7 Å². The Labute approximate surface area is 295 Å². The van der Waals surface area contributed by atoms with Gasteiger partial charge < -0.3 is 13.9 Å². The van der Waals surface area contributed by atoms with Crippen molar-refractivity contribution in [2.24, 2.45) is 0 Å². The van der Waals surface area contributed by atoms with Gasteiger partial charge in [0.1, 0.15) is 11.2 Å². The van der Waals surface area contributed by atoms with E-state index in [2.05, 4.69) is 186 Å². The first kappa shape index (κ1) is 29.1. The van der Waals surface area contributed by atoms with Gasteiger partial charge in [-0.3, -0.25) is 0 Å². The molecule has 0 amide bonds. The maximum Gasteiger partial charge on any atom is 0.135 e. The van der Waals surface area contributed by atoms with Crippen LogP contribution in [0.2, 0.25) is 0 Å². The molecule has 0 saturated carbocycles. The van der Waals surface area contributed by atoms with Gasteiger partial charge in [0.15, 0.2) is 0 Å². The number of rotatable bonds is 4. The SMILES string of the molecule is C=C1/C=C\C=C/N(c2ccc(-c3ccccc3)cc2)c2ccc(-c3ccc4c(c3)c3ccccc3n4-c3ccc4oc5ccccc5c4c3)cc21. The van der Waals surface area contributed by atoms with Crippen LogP contribution in [0.15, 0.2) is 193 Å². The minimum Gasteiger partial charge on any atom is -0.456 e. The topological polar surface area (TPSA) is 21.3 Å². The van der Waals surface area contributed by atoms with Crippen LogP contribution in [0.4, 0.5) is 11.4 Å². The van der Waals surface area contributed by atoms with E-state index in [1.165, 1.54) is 32.9 Å². The van der Waals surface area contributed by atoms with E-state index in [0.29, 0.717) is 0 Å². The summed E-state index contributed by atoms with van der Waals surface area (Å²) in [5.41, 5.74) is 14.2. The third-order valence-corrected chi connectivity index (χ3v) is 10.1. The van der Waals surface area contributed by atoms with Crippen molar-refractivity contribution in [3.05, 3.63) is 194 Å². The molecule has 0 unspecified atom stereocenters. The molecule has 0 spiro atoms. The molecule has 0 saturated heterocycles. The zero-order valence-corrected chi connectivity index (χ0v) is 27.8. The number of hydrogen-bond donors (Lipinski definition) is 0. The van der Waals surface area contributed by atoms with Gasteiger partial charge in [-0.1, -0.05) is 110 Å². The number of nitrogens with zero attached hydrogens (tertiary/aromatic N) is 2. The highest BCUT2D eigenvalue weighted by Gasteiger charge is 2.18. The average Bonchev–Trinajstić information content (AvgIpc) is 3.72.